The van der Waals surface area contributed by atoms with Gasteiger partial charge in [-0.15, -0.1) is 0 Å². The minimum atomic E-state index is -4.60. The number of amides is 3. The van der Waals surface area contributed by atoms with Crippen LogP contribution in [0.4, 0.5) is 23.7 Å². The minimum Gasteiger partial charge on any atom is -0.493 e. The number of nitrogens with one attached hydrogen (secondary N) is 1. The number of carbonyl (C=O) groups excluding carboxylic acids is 3. The van der Waals surface area contributed by atoms with E-state index in [-0.39, 0.29) is 22.1 Å². The molecule has 0 aromatic heterocycles. The van der Waals surface area contributed by atoms with E-state index in [2.05, 4.69) is 5.32 Å². The number of aliphatic carboxylic acids is 1. The van der Waals surface area contributed by atoms with Gasteiger partial charge in [-0.05, 0) is 53.7 Å². The number of hydrogen-bond donors (Lipinski definition) is 2. The first-order chi connectivity index (χ1) is 16.5. The number of anilines is 1. The van der Waals surface area contributed by atoms with Crippen LogP contribution < -0.4 is 14.8 Å². The molecule has 0 aliphatic carbocycles. The molecule has 0 saturated carbocycles. The molecule has 3 amide bonds. The van der Waals surface area contributed by atoms with Crippen LogP contribution in [0.3, 0.4) is 0 Å². The van der Waals surface area contributed by atoms with Gasteiger partial charge in [0.15, 0.2) is 18.1 Å². The van der Waals surface area contributed by atoms with Gasteiger partial charge in [-0.2, -0.15) is 13.2 Å². The molecule has 0 radical (unpaired) electrons. The van der Waals surface area contributed by atoms with Crippen molar-refractivity contribution in [3.8, 4) is 11.5 Å². The van der Waals surface area contributed by atoms with Crippen molar-refractivity contribution in [3.63, 3.8) is 0 Å². The third-order valence-corrected chi connectivity index (χ3v) is 5.39. The summed E-state index contributed by atoms with van der Waals surface area (Å²) in [5.74, 6) is -2.44. The Hall–Kier alpha value is -4.00. The molecule has 1 fully saturated rings. The second-order valence-electron chi connectivity index (χ2n) is 6.99. The van der Waals surface area contributed by atoms with E-state index in [9.17, 15) is 32.3 Å². The molecule has 1 aliphatic rings. The van der Waals surface area contributed by atoms with Gasteiger partial charge in [0.25, 0.3) is 11.1 Å². The van der Waals surface area contributed by atoms with E-state index in [1.54, 1.807) is 0 Å². The van der Waals surface area contributed by atoms with Crippen molar-refractivity contribution in [1.82, 2.24) is 4.90 Å². The highest BCUT2D eigenvalue weighted by Gasteiger charge is 2.36. The predicted octanol–water partition coefficient (Wildman–Crippen LogP) is 3.85. The molecular weight excluding hydrogens is 493 g/mol. The third kappa shape index (κ3) is 6.53. The number of alkyl halides is 3. The number of nitrogens with zero attached hydrogens (tertiary/aromatic N) is 1. The summed E-state index contributed by atoms with van der Waals surface area (Å²) in [4.78, 5) is 48.6. The molecule has 1 aliphatic heterocycles. The molecule has 9 nitrogen and oxygen atoms in total. The fourth-order valence-electron chi connectivity index (χ4n) is 2.94. The van der Waals surface area contributed by atoms with Crippen molar-refractivity contribution in [2.24, 2.45) is 0 Å². The Morgan fingerprint density at radius 2 is 1.89 bits per heavy atom. The van der Waals surface area contributed by atoms with E-state index >= 15 is 0 Å². The van der Waals surface area contributed by atoms with Crippen LogP contribution in [0.5, 0.6) is 11.5 Å². The van der Waals surface area contributed by atoms with Crippen LogP contribution in [-0.2, 0) is 20.6 Å². The Morgan fingerprint density at radius 1 is 1.14 bits per heavy atom. The molecule has 3 rings (SSSR count). The second kappa shape index (κ2) is 10.5. The summed E-state index contributed by atoms with van der Waals surface area (Å²) in [7, 11) is 1.34. The van der Waals surface area contributed by atoms with Crippen LogP contribution in [-0.4, -0.2) is 53.3 Å². The van der Waals surface area contributed by atoms with Gasteiger partial charge in [-0.1, -0.05) is 12.1 Å². The molecule has 1 heterocycles. The number of methoxy groups -OCH3 is 1. The van der Waals surface area contributed by atoms with Gasteiger partial charge in [0.05, 0.1) is 17.6 Å². The van der Waals surface area contributed by atoms with E-state index in [4.69, 9.17) is 14.6 Å². The van der Waals surface area contributed by atoms with Gasteiger partial charge in [0.1, 0.15) is 6.54 Å². The Kier molecular flexibility index (Phi) is 7.69. The minimum absolute atomic E-state index is 0.00289. The molecule has 2 N–H and O–H groups in total. The number of carboxylic acid groups (broad SMARTS) is 1. The van der Waals surface area contributed by atoms with Crippen molar-refractivity contribution >= 4 is 46.5 Å². The number of hydrogen-bond acceptors (Lipinski definition) is 7. The maximum absolute atomic E-state index is 12.8. The van der Waals surface area contributed by atoms with Crippen LogP contribution in [0.15, 0.2) is 47.4 Å². The average Bonchev–Trinajstić information content (AvgIpc) is 3.04. The molecule has 2 aromatic carbocycles. The lowest BCUT2D eigenvalue weighted by Crippen LogP contribution is -2.36. The Labute approximate surface area is 200 Å². The summed E-state index contributed by atoms with van der Waals surface area (Å²) in [5.41, 5.74) is -0.660. The van der Waals surface area contributed by atoms with Gasteiger partial charge in [-0.25, -0.2) is 4.79 Å². The van der Waals surface area contributed by atoms with E-state index in [0.717, 1.165) is 18.2 Å². The number of imide groups is 1. The molecule has 184 valence electrons. The van der Waals surface area contributed by atoms with Crippen molar-refractivity contribution in [2.45, 2.75) is 6.18 Å². The SMILES string of the molecule is COc1cc(/C=C2\SC(=O)N(CC(=O)Nc3cccc(C(F)(F)F)c3)C2=O)ccc1OCC(=O)O. The molecule has 35 heavy (non-hydrogen) atoms. The van der Waals surface area contributed by atoms with Crippen LogP contribution in [0.1, 0.15) is 11.1 Å². The number of ether oxygens (including phenoxy) is 2. The van der Waals surface area contributed by atoms with E-state index in [0.29, 0.717) is 22.2 Å². The zero-order valence-corrected chi connectivity index (χ0v) is 18.7. The van der Waals surface area contributed by atoms with Gasteiger partial charge in [0.2, 0.25) is 5.91 Å². The zero-order chi connectivity index (χ0) is 25.8. The zero-order valence-electron chi connectivity index (χ0n) is 17.9. The average molecular weight is 510 g/mol. The first-order valence-corrected chi connectivity index (χ1v) is 10.5. The predicted molar refractivity (Wildman–Crippen MR) is 119 cm³/mol. The Bertz CT molecular complexity index is 1210. The van der Waals surface area contributed by atoms with Crippen molar-refractivity contribution in [3.05, 3.63) is 58.5 Å². The fourth-order valence-corrected chi connectivity index (χ4v) is 3.78. The lowest BCUT2D eigenvalue weighted by Gasteiger charge is -2.13. The van der Waals surface area contributed by atoms with Crippen LogP contribution in [0.25, 0.3) is 6.08 Å². The van der Waals surface area contributed by atoms with E-state index in [1.807, 2.05) is 0 Å². The quantitative estimate of drug-likeness (QED) is 0.514. The molecule has 0 spiro atoms. The standard InChI is InChI=1S/C22H17F3N2O7S/c1-33-16-7-12(5-6-15(16)34-11-19(29)30)8-17-20(31)27(21(32)35-17)10-18(28)26-14-4-2-3-13(9-14)22(23,24)25/h2-9H,10-11H2,1H3,(H,26,28)(H,29,30)/b17-8-. The topological polar surface area (TPSA) is 122 Å². The molecule has 0 unspecified atom stereocenters. The van der Waals surface area contributed by atoms with Crippen molar-refractivity contribution in [2.75, 3.05) is 25.6 Å². The monoisotopic (exact) mass is 510 g/mol. The van der Waals surface area contributed by atoms with Crippen molar-refractivity contribution in [1.29, 1.82) is 0 Å². The maximum Gasteiger partial charge on any atom is 0.416 e. The summed E-state index contributed by atoms with van der Waals surface area (Å²) in [6, 6.07) is 8.35. The largest absolute Gasteiger partial charge is 0.493 e. The lowest BCUT2D eigenvalue weighted by molar-refractivity contribution is -0.139. The molecule has 1 saturated heterocycles. The highest BCUT2D eigenvalue weighted by atomic mass is 32.2. The summed E-state index contributed by atoms with van der Waals surface area (Å²) >= 11 is 0.583. The van der Waals surface area contributed by atoms with Crippen LogP contribution in [0, 0.1) is 0 Å². The maximum atomic E-state index is 12.8. The smallest absolute Gasteiger partial charge is 0.416 e. The Morgan fingerprint density at radius 3 is 2.54 bits per heavy atom. The summed E-state index contributed by atoms with van der Waals surface area (Å²) in [6.45, 7) is -1.28. The highest BCUT2D eigenvalue weighted by Crippen LogP contribution is 2.35. The lowest BCUT2D eigenvalue weighted by atomic mass is 10.2. The number of benzene rings is 2. The van der Waals surface area contributed by atoms with Gasteiger partial charge in [-0.3, -0.25) is 19.3 Å². The normalized spacial score (nSPS) is 14.9. The number of rotatable bonds is 8. The Balaban J connectivity index is 1.70. The summed E-state index contributed by atoms with van der Waals surface area (Å²) in [6.07, 6.45) is -3.22. The molecule has 2 aromatic rings. The third-order valence-electron chi connectivity index (χ3n) is 4.49. The number of halogens is 3. The van der Waals surface area contributed by atoms with Crippen LogP contribution >= 0.6 is 11.8 Å². The van der Waals surface area contributed by atoms with Crippen molar-refractivity contribution < 1.29 is 46.9 Å². The van der Waals surface area contributed by atoms with E-state index < -0.39 is 47.9 Å². The summed E-state index contributed by atoms with van der Waals surface area (Å²) in [5, 5.41) is 10.2. The van der Waals surface area contributed by atoms with Gasteiger partial charge >= 0.3 is 12.1 Å². The first-order valence-electron chi connectivity index (χ1n) is 9.73. The summed E-state index contributed by atoms with van der Waals surface area (Å²) < 4.78 is 48.8. The molecule has 13 heteroatoms. The fraction of sp³-hybridized carbons (Fsp3) is 0.182. The molecule has 0 bridgehead atoms. The van der Waals surface area contributed by atoms with Gasteiger partial charge in [0, 0.05) is 5.69 Å². The molecule has 0 atom stereocenters. The number of thioether (sulfide) groups is 1. The number of carboxylic acids is 1. The van der Waals surface area contributed by atoms with E-state index in [1.165, 1.54) is 37.5 Å². The highest BCUT2D eigenvalue weighted by molar-refractivity contribution is 8.18. The number of carbonyl (C=O) groups is 4. The second-order valence-corrected chi connectivity index (χ2v) is 7.98. The molecular formula is C22H17F3N2O7S. The first kappa shape index (κ1) is 25.6. The van der Waals surface area contributed by atoms with Crippen LogP contribution in [0.2, 0.25) is 0 Å². The van der Waals surface area contributed by atoms with Gasteiger partial charge < -0.3 is 19.9 Å².